The molecule has 0 spiro atoms. The minimum atomic E-state index is -0.835. The number of rotatable bonds is 6. The van der Waals surface area contributed by atoms with Gasteiger partial charge in [-0.3, -0.25) is 0 Å². The molecule has 0 saturated heterocycles. The van der Waals surface area contributed by atoms with Crippen LogP contribution >= 0.6 is 0 Å². The summed E-state index contributed by atoms with van der Waals surface area (Å²) in [5.41, 5.74) is 0.723. The third kappa shape index (κ3) is 4.22. The van der Waals surface area contributed by atoms with Gasteiger partial charge in [-0.1, -0.05) is 38.3 Å². The molecule has 2 atom stereocenters. The maximum atomic E-state index is 10.0. The molecule has 3 heteroatoms. The molecule has 1 aliphatic rings. The zero-order valence-corrected chi connectivity index (χ0v) is 12.3. The van der Waals surface area contributed by atoms with Crippen LogP contribution in [0.1, 0.15) is 57.1 Å². The van der Waals surface area contributed by atoms with Crippen molar-refractivity contribution in [3.8, 4) is 5.75 Å². The van der Waals surface area contributed by atoms with Crippen molar-refractivity contribution in [1.82, 2.24) is 0 Å². The molecule has 0 aromatic heterocycles. The maximum Gasteiger partial charge on any atom is 0.119 e. The van der Waals surface area contributed by atoms with Crippen LogP contribution in [-0.4, -0.2) is 22.9 Å². The van der Waals surface area contributed by atoms with Gasteiger partial charge in [-0.25, -0.2) is 0 Å². The SMILES string of the molecule is CC[C@@H](O)[C@H](O)c1cccc(OCC2CCCCC2)c1. The average Bonchev–Trinajstić information content (AvgIpc) is 2.52. The monoisotopic (exact) mass is 278 g/mol. The van der Waals surface area contributed by atoms with Crippen molar-refractivity contribution in [3.63, 3.8) is 0 Å². The molecule has 2 N–H and O–H groups in total. The highest BCUT2D eigenvalue weighted by Crippen LogP contribution is 2.26. The van der Waals surface area contributed by atoms with E-state index in [1.807, 2.05) is 31.2 Å². The van der Waals surface area contributed by atoms with Crippen LogP contribution in [0.2, 0.25) is 0 Å². The predicted octanol–water partition coefficient (Wildman–Crippen LogP) is 3.45. The summed E-state index contributed by atoms with van der Waals surface area (Å²) in [6.07, 6.45) is 5.49. The normalized spacial score (nSPS) is 19.6. The van der Waals surface area contributed by atoms with Crippen molar-refractivity contribution >= 4 is 0 Å². The van der Waals surface area contributed by atoms with Crippen molar-refractivity contribution in [2.24, 2.45) is 5.92 Å². The molecule has 2 rings (SSSR count). The topological polar surface area (TPSA) is 49.7 Å². The highest BCUT2D eigenvalue weighted by atomic mass is 16.5. The Labute approximate surface area is 121 Å². The number of hydrogen-bond donors (Lipinski definition) is 2. The van der Waals surface area contributed by atoms with Gasteiger partial charge >= 0.3 is 0 Å². The van der Waals surface area contributed by atoms with E-state index in [2.05, 4.69) is 0 Å². The Morgan fingerprint density at radius 1 is 1.20 bits per heavy atom. The third-order valence-corrected chi connectivity index (χ3v) is 4.19. The van der Waals surface area contributed by atoms with Crippen molar-refractivity contribution in [1.29, 1.82) is 0 Å². The number of hydrogen-bond acceptors (Lipinski definition) is 3. The second kappa shape index (κ2) is 7.65. The Kier molecular flexibility index (Phi) is 5.86. The van der Waals surface area contributed by atoms with E-state index in [-0.39, 0.29) is 0 Å². The van der Waals surface area contributed by atoms with Gasteiger partial charge in [0.25, 0.3) is 0 Å². The van der Waals surface area contributed by atoms with E-state index < -0.39 is 12.2 Å². The van der Waals surface area contributed by atoms with E-state index in [0.29, 0.717) is 12.3 Å². The third-order valence-electron chi connectivity index (χ3n) is 4.19. The van der Waals surface area contributed by atoms with E-state index in [1.54, 1.807) is 0 Å². The summed E-state index contributed by atoms with van der Waals surface area (Å²) in [6, 6.07) is 7.46. The van der Waals surface area contributed by atoms with Crippen LogP contribution in [0.3, 0.4) is 0 Å². The molecule has 0 unspecified atom stereocenters. The van der Waals surface area contributed by atoms with Crippen LogP contribution in [0, 0.1) is 5.92 Å². The van der Waals surface area contributed by atoms with Gasteiger partial charge in [-0.15, -0.1) is 0 Å². The van der Waals surface area contributed by atoms with E-state index in [9.17, 15) is 10.2 Å². The summed E-state index contributed by atoms with van der Waals surface area (Å²) < 4.78 is 5.86. The molecule has 1 aromatic carbocycles. The minimum absolute atomic E-state index is 0.536. The zero-order chi connectivity index (χ0) is 14.4. The number of aliphatic hydroxyl groups is 2. The van der Waals surface area contributed by atoms with Crippen LogP contribution in [0.5, 0.6) is 5.75 Å². The lowest BCUT2D eigenvalue weighted by Crippen LogP contribution is -2.17. The molecule has 0 radical (unpaired) electrons. The lowest BCUT2D eigenvalue weighted by Gasteiger charge is -2.22. The van der Waals surface area contributed by atoms with Crippen LogP contribution in [-0.2, 0) is 0 Å². The van der Waals surface area contributed by atoms with E-state index in [1.165, 1.54) is 32.1 Å². The van der Waals surface area contributed by atoms with E-state index in [0.717, 1.165) is 17.9 Å². The summed E-state index contributed by atoms with van der Waals surface area (Å²) in [5, 5.41) is 19.7. The van der Waals surface area contributed by atoms with Gasteiger partial charge in [0.1, 0.15) is 11.9 Å². The molecule has 1 aromatic rings. The van der Waals surface area contributed by atoms with Crippen molar-refractivity contribution in [2.45, 2.75) is 57.7 Å². The maximum absolute atomic E-state index is 10.0. The van der Waals surface area contributed by atoms with Crippen molar-refractivity contribution in [3.05, 3.63) is 29.8 Å². The molecular formula is C17H26O3. The Bertz CT molecular complexity index is 399. The smallest absolute Gasteiger partial charge is 0.119 e. The first-order chi connectivity index (χ1) is 9.70. The van der Waals surface area contributed by atoms with Crippen LogP contribution in [0.15, 0.2) is 24.3 Å². The van der Waals surface area contributed by atoms with Crippen LogP contribution in [0.4, 0.5) is 0 Å². The summed E-state index contributed by atoms with van der Waals surface area (Å²) >= 11 is 0. The molecule has 0 aliphatic heterocycles. The molecule has 1 fully saturated rings. The van der Waals surface area contributed by atoms with Crippen molar-refractivity contribution in [2.75, 3.05) is 6.61 Å². The van der Waals surface area contributed by atoms with E-state index >= 15 is 0 Å². The lowest BCUT2D eigenvalue weighted by atomic mass is 9.90. The molecule has 3 nitrogen and oxygen atoms in total. The Balaban J connectivity index is 1.91. The molecule has 1 aliphatic carbocycles. The second-order valence-corrected chi connectivity index (χ2v) is 5.81. The van der Waals surface area contributed by atoms with Gasteiger partial charge in [-0.2, -0.15) is 0 Å². The summed E-state index contributed by atoms with van der Waals surface area (Å²) in [5.74, 6) is 1.45. The van der Waals surface area contributed by atoms with Gasteiger partial charge in [0.05, 0.1) is 12.7 Å². The minimum Gasteiger partial charge on any atom is -0.493 e. The number of aliphatic hydroxyl groups excluding tert-OH is 2. The molecule has 0 amide bonds. The quantitative estimate of drug-likeness (QED) is 0.838. The lowest BCUT2D eigenvalue weighted by molar-refractivity contribution is 0.0163. The Morgan fingerprint density at radius 3 is 2.65 bits per heavy atom. The summed E-state index contributed by atoms with van der Waals surface area (Å²) in [6.45, 7) is 2.62. The summed E-state index contributed by atoms with van der Waals surface area (Å²) in [7, 11) is 0. The Morgan fingerprint density at radius 2 is 1.95 bits per heavy atom. The predicted molar refractivity (Wildman–Crippen MR) is 79.8 cm³/mol. The number of ether oxygens (including phenoxy) is 1. The molecule has 112 valence electrons. The summed E-state index contributed by atoms with van der Waals surface area (Å²) in [4.78, 5) is 0. The standard InChI is InChI=1S/C17H26O3/c1-2-16(18)17(19)14-9-6-10-15(11-14)20-12-13-7-4-3-5-8-13/h6,9-11,13,16-19H,2-5,7-8,12H2,1H3/t16-,17-/m1/s1. The molecule has 0 heterocycles. The highest BCUT2D eigenvalue weighted by molar-refractivity contribution is 5.30. The highest BCUT2D eigenvalue weighted by Gasteiger charge is 2.17. The first-order valence-electron chi connectivity index (χ1n) is 7.79. The van der Waals surface area contributed by atoms with Crippen LogP contribution in [0.25, 0.3) is 0 Å². The first kappa shape index (κ1) is 15.3. The fraction of sp³-hybridized carbons (Fsp3) is 0.647. The molecular weight excluding hydrogens is 252 g/mol. The first-order valence-corrected chi connectivity index (χ1v) is 7.79. The van der Waals surface area contributed by atoms with Gasteiger partial charge in [0.2, 0.25) is 0 Å². The largest absolute Gasteiger partial charge is 0.493 e. The number of benzene rings is 1. The Hall–Kier alpha value is -1.06. The van der Waals surface area contributed by atoms with Crippen molar-refractivity contribution < 1.29 is 14.9 Å². The average molecular weight is 278 g/mol. The van der Waals surface area contributed by atoms with Gasteiger partial charge < -0.3 is 14.9 Å². The van der Waals surface area contributed by atoms with Gasteiger partial charge in [-0.05, 0) is 42.9 Å². The molecule has 1 saturated carbocycles. The molecule has 0 bridgehead atoms. The zero-order valence-electron chi connectivity index (χ0n) is 12.3. The fourth-order valence-electron chi connectivity index (χ4n) is 2.80. The van der Waals surface area contributed by atoms with Gasteiger partial charge in [0, 0.05) is 0 Å². The van der Waals surface area contributed by atoms with Crippen LogP contribution < -0.4 is 4.74 Å². The van der Waals surface area contributed by atoms with E-state index in [4.69, 9.17) is 4.74 Å². The van der Waals surface area contributed by atoms with Gasteiger partial charge in [0.15, 0.2) is 0 Å². The second-order valence-electron chi connectivity index (χ2n) is 5.81. The fourth-order valence-corrected chi connectivity index (χ4v) is 2.80. The molecule has 20 heavy (non-hydrogen) atoms.